The molecule has 0 aromatic heterocycles. The zero-order valence-electron chi connectivity index (χ0n) is 9.49. The van der Waals surface area contributed by atoms with Crippen molar-refractivity contribution in [2.24, 2.45) is 0 Å². The lowest BCUT2D eigenvalue weighted by Gasteiger charge is -2.07. The van der Waals surface area contributed by atoms with Crippen LogP contribution in [0.25, 0.3) is 0 Å². The number of carbonyl (C=O) groups excluding carboxylic acids is 1. The summed E-state index contributed by atoms with van der Waals surface area (Å²) in [6, 6.07) is 10.3. The number of hydrogen-bond donors (Lipinski definition) is 1. The largest absolute Gasteiger partial charge is 0.399 e. The maximum atomic E-state index is 14.0. The Morgan fingerprint density at radius 2 is 2.06 bits per heavy atom. The zero-order valence-corrected chi connectivity index (χ0v) is 10.2. The first-order valence-corrected chi connectivity index (χ1v) is 5.76. The number of nitrogens with two attached hydrogens (primary N) is 1. The van der Waals surface area contributed by atoms with E-state index in [1.165, 1.54) is 6.07 Å². The van der Waals surface area contributed by atoms with Gasteiger partial charge in [-0.2, -0.15) is 0 Å². The summed E-state index contributed by atoms with van der Waals surface area (Å²) in [4.78, 5) is 10.8. The van der Waals surface area contributed by atoms with Crippen LogP contribution in [0.1, 0.15) is 21.5 Å². The molecular weight excluding hydrogens is 253 g/mol. The Balaban J connectivity index is 2.38. The molecule has 4 heteroatoms. The second-order valence-electron chi connectivity index (χ2n) is 3.97. The van der Waals surface area contributed by atoms with E-state index in [-0.39, 0.29) is 10.6 Å². The van der Waals surface area contributed by atoms with E-state index in [9.17, 15) is 9.18 Å². The van der Waals surface area contributed by atoms with Crippen LogP contribution in [-0.2, 0) is 6.42 Å². The molecule has 0 atom stereocenters. The number of rotatable bonds is 3. The van der Waals surface area contributed by atoms with Crippen molar-refractivity contribution in [3.63, 3.8) is 0 Å². The van der Waals surface area contributed by atoms with Crippen LogP contribution in [0.2, 0.25) is 5.02 Å². The summed E-state index contributed by atoms with van der Waals surface area (Å²) >= 11 is 5.74. The molecule has 0 radical (unpaired) electrons. The van der Waals surface area contributed by atoms with Crippen LogP contribution in [0.15, 0.2) is 36.4 Å². The molecule has 0 amide bonds. The number of hydrogen-bond acceptors (Lipinski definition) is 2. The van der Waals surface area contributed by atoms with E-state index in [0.717, 1.165) is 5.56 Å². The average molecular weight is 264 g/mol. The van der Waals surface area contributed by atoms with Crippen molar-refractivity contribution in [1.82, 2.24) is 0 Å². The molecular formula is C14H11ClFNO. The molecule has 0 aliphatic carbocycles. The van der Waals surface area contributed by atoms with Crippen molar-refractivity contribution < 1.29 is 9.18 Å². The number of benzene rings is 2. The zero-order chi connectivity index (χ0) is 13.1. The van der Waals surface area contributed by atoms with Crippen LogP contribution in [0, 0.1) is 5.82 Å². The van der Waals surface area contributed by atoms with E-state index >= 15 is 0 Å². The average Bonchev–Trinajstić information content (AvgIpc) is 2.34. The minimum Gasteiger partial charge on any atom is -0.399 e. The van der Waals surface area contributed by atoms with E-state index in [1.54, 1.807) is 24.3 Å². The Hall–Kier alpha value is -1.87. The molecule has 92 valence electrons. The standard InChI is InChI=1S/C14H11ClFNO/c15-13-5-4-10(14(16)12(13)8-18)6-9-2-1-3-11(17)7-9/h1-5,7-8H,6,17H2. The molecule has 0 aliphatic heterocycles. The lowest BCUT2D eigenvalue weighted by atomic mass is 10.0. The van der Waals surface area contributed by atoms with Gasteiger partial charge in [0.05, 0.1) is 10.6 Å². The highest BCUT2D eigenvalue weighted by Crippen LogP contribution is 2.23. The molecule has 0 fully saturated rings. The highest BCUT2D eigenvalue weighted by Gasteiger charge is 2.12. The monoisotopic (exact) mass is 263 g/mol. The summed E-state index contributed by atoms with van der Waals surface area (Å²) in [7, 11) is 0. The maximum absolute atomic E-state index is 14.0. The van der Waals surface area contributed by atoms with Crippen molar-refractivity contribution in [2.75, 3.05) is 5.73 Å². The van der Waals surface area contributed by atoms with Gasteiger partial charge >= 0.3 is 0 Å². The smallest absolute Gasteiger partial charge is 0.154 e. The minimum absolute atomic E-state index is 0.0990. The van der Waals surface area contributed by atoms with Crippen molar-refractivity contribution >= 4 is 23.6 Å². The normalized spacial score (nSPS) is 10.3. The second-order valence-corrected chi connectivity index (χ2v) is 4.38. The molecule has 0 saturated carbocycles. The first-order chi connectivity index (χ1) is 8.61. The lowest BCUT2D eigenvalue weighted by molar-refractivity contribution is 0.112. The first-order valence-electron chi connectivity index (χ1n) is 5.38. The molecule has 0 unspecified atom stereocenters. The third-order valence-corrected chi connectivity index (χ3v) is 3.00. The first kappa shape index (κ1) is 12.6. The summed E-state index contributed by atoms with van der Waals surface area (Å²) in [6.45, 7) is 0. The van der Waals surface area contributed by atoms with E-state index < -0.39 is 5.82 Å². The molecule has 2 aromatic rings. The van der Waals surface area contributed by atoms with Gasteiger partial charge in [0, 0.05) is 12.1 Å². The Morgan fingerprint density at radius 3 is 2.72 bits per heavy atom. The van der Waals surface area contributed by atoms with Gasteiger partial charge in [0.15, 0.2) is 6.29 Å². The van der Waals surface area contributed by atoms with Gasteiger partial charge in [-0.3, -0.25) is 4.79 Å². The van der Waals surface area contributed by atoms with Crippen molar-refractivity contribution in [2.45, 2.75) is 6.42 Å². The molecule has 0 heterocycles. The molecule has 2 aromatic carbocycles. The Morgan fingerprint density at radius 1 is 1.28 bits per heavy atom. The summed E-state index contributed by atoms with van der Waals surface area (Å²) in [6.07, 6.45) is 0.801. The maximum Gasteiger partial charge on any atom is 0.154 e. The molecule has 2 rings (SSSR count). The topological polar surface area (TPSA) is 43.1 Å². The van der Waals surface area contributed by atoms with Crippen molar-refractivity contribution in [3.8, 4) is 0 Å². The third-order valence-electron chi connectivity index (χ3n) is 2.67. The van der Waals surface area contributed by atoms with E-state index in [4.69, 9.17) is 17.3 Å². The molecule has 0 saturated heterocycles. The molecule has 2 N–H and O–H groups in total. The highest BCUT2D eigenvalue weighted by molar-refractivity contribution is 6.33. The molecule has 0 bridgehead atoms. The summed E-state index contributed by atoms with van der Waals surface area (Å²) < 4.78 is 14.0. The number of halogens is 2. The minimum atomic E-state index is -0.570. The van der Waals surface area contributed by atoms with Gasteiger partial charge in [-0.1, -0.05) is 29.8 Å². The Bertz CT molecular complexity index is 598. The fourth-order valence-corrected chi connectivity index (χ4v) is 1.97. The van der Waals surface area contributed by atoms with E-state index in [0.29, 0.717) is 24.0 Å². The molecule has 0 aliphatic rings. The highest BCUT2D eigenvalue weighted by atomic mass is 35.5. The third kappa shape index (κ3) is 2.51. The number of carbonyl (C=O) groups is 1. The number of nitrogen functional groups attached to an aromatic ring is 1. The van der Waals surface area contributed by atoms with Crippen LogP contribution in [-0.4, -0.2) is 6.29 Å². The van der Waals surface area contributed by atoms with Crippen LogP contribution in [0.3, 0.4) is 0 Å². The van der Waals surface area contributed by atoms with Gasteiger partial charge in [0.1, 0.15) is 5.82 Å². The predicted octanol–water partition coefficient (Wildman–Crippen LogP) is 3.46. The fourth-order valence-electron chi connectivity index (χ4n) is 1.78. The van der Waals surface area contributed by atoms with Gasteiger partial charge in [-0.05, 0) is 29.3 Å². The van der Waals surface area contributed by atoms with Crippen molar-refractivity contribution in [1.29, 1.82) is 0 Å². The van der Waals surface area contributed by atoms with E-state index in [2.05, 4.69) is 0 Å². The van der Waals surface area contributed by atoms with Crippen LogP contribution < -0.4 is 5.73 Å². The number of aldehydes is 1. The molecule has 18 heavy (non-hydrogen) atoms. The summed E-state index contributed by atoms with van der Waals surface area (Å²) in [5.41, 5.74) is 7.49. The molecule has 2 nitrogen and oxygen atoms in total. The van der Waals surface area contributed by atoms with Crippen LogP contribution >= 0.6 is 11.6 Å². The number of anilines is 1. The fraction of sp³-hybridized carbons (Fsp3) is 0.0714. The lowest BCUT2D eigenvalue weighted by Crippen LogP contribution is -1.99. The quantitative estimate of drug-likeness (QED) is 0.681. The van der Waals surface area contributed by atoms with Gasteiger partial charge in [0.25, 0.3) is 0 Å². The van der Waals surface area contributed by atoms with Gasteiger partial charge < -0.3 is 5.73 Å². The SMILES string of the molecule is Nc1cccc(Cc2ccc(Cl)c(C=O)c2F)c1. The Labute approximate surface area is 109 Å². The predicted molar refractivity (Wildman–Crippen MR) is 70.5 cm³/mol. The van der Waals surface area contributed by atoms with Gasteiger partial charge in [-0.25, -0.2) is 4.39 Å². The summed E-state index contributed by atoms with van der Waals surface area (Å²) in [5.74, 6) is -0.570. The van der Waals surface area contributed by atoms with Crippen molar-refractivity contribution in [3.05, 3.63) is 63.9 Å². The second kappa shape index (κ2) is 5.19. The Kier molecular flexibility index (Phi) is 3.63. The van der Waals surface area contributed by atoms with Crippen LogP contribution in [0.5, 0.6) is 0 Å². The molecule has 0 spiro atoms. The van der Waals surface area contributed by atoms with Gasteiger partial charge in [0.2, 0.25) is 0 Å². The van der Waals surface area contributed by atoms with E-state index in [1.807, 2.05) is 6.07 Å². The van der Waals surface area contributed by atoms with Crippen LogP contribution in [0.4, 0.5) is 10.1 Å². The van der Waals surface area contributed by atoms with Gasteiger partial charge in [-0.15, -0.1) is 0 Å². The summed E-state index contributed by atoms with van der Waals surface area (Å²) in [5, 5.41) is 0.124.